The van der Waals surface area contributed by atoms with E-state index >= 15 is 0 Å². The van der Waals surface area contributed by atoms with Gasteiger partial charge in [-0.2, -0.15) is 5.10 Å². The summed E-state index contributed by atoms with van der Waals surface area (Å²) in [5, 5.41) is 4.56. The number of hydroxylamine groups is 2. The SMILES string of the molecule is Cc1cnn(CCC(=O)ON2C(=O)c3ccccc3C2=O)c1. The summed E-state index contributed by atoms with van der Waals surface area (Å²) >= 11 is 0. The fourth-order valence-electron chi connectivity index (χ4n) is 2.19. The molecule has 112 valence electrons. The van der Waals surface area contributed by atoms with Crippen LogP contribution in [0, 0.1) is 6.92 Å². The number of aryl methyl sites for hydroxylation is 2. The van der Waals surface area contributed by atoms with Gasteiger partial charge in [-0.1, -0.05) is 17.2 Å². The van der Waals surface area contributed by atoms with E-state index in [2.05, 4.69) is 5.10 Å². The van der Waals surface area contributed by atoms with E-state index < -0.39 is 17.8 Å². The van der Waals surface area contributed by atoms with Crippen molar-refractivity contribution in [2.45, 2.75) is 19.9 Å². The van der Waals surface area contributed by atoms with Crippen LogP contribution < -0.4 is 0 Å². The first-order chi connectivity index (χ1) is 10.6. The van der Waals surface area contributed by atoms with Gasteiger partial charge in [-0.25, -0.2) is 4.79 Å². The van der Waals surface area contributed by atoms with Crippen molar-refractivity contribution in [3.05, 3.63) is 53.3 Å². The van der Waals surface area contributed by atoms with E-state index in [0.717, 1.165) is 5.56 Å². The number of hydrogen-bond acceptors (Lipinski definition) is 5. The zero-order chi connectivity index (χ0) is 15.7. The predicted octanol–water partition coefficient (Wildman–Crippen LogP) is 1.34. The number of amides is 2. The van der Waals surface area contributed by atoms with Crippen LogP contribution in [-0.4, -0.2) is 32.6 Å². The van der Waals surface area contributed by atoms with Gasteiger partial charge >= 0.3 is 5.97 Å². The number of imide groups is 1. The molecule has 1 aromatic heterocycles. The number of hydrogen-bond donors (Lipinski definition) is 0. The van der Waals surface area contributed by atoms with Crippen molar-refractivity contribution >= 4 is 17.8 Å². The predicted molar refractivity (Wildman–Crippen MR) is 74.6 cm³/mol. The van der Waals surface area contributed by atoms with Gasteiger partial charge in [-0.3, -0.25) is 14.3 Å². The highest BCUT2D eigenvalue weighted by molar-refractivity contribution is 6.20. The number of nitrogens with zero attached hydrogens (tertiary/aromatic N) is 3. The zero-order valence-corrected chi connectivity index (χ0v) is 11.9. The molecule has 2 amide bonds. The molecule has 22 heavy (non-hydrogen) atoms. The van der Waals surface area contributed by atoms with Crippen LogP contribution in [0.5, 0.6) is 0 Å². The Labute approximate surface area is 126 Å². The molecule has 0 bridgehead atoms. The number of aromatic nitrogens is 2. The molecule has 0 fully saturated rings. The van der Waals surface area contributed by atoms with E-state index in [1.165, 1.54) is 12.1 Å². The first kappa shape index (κ1) is 14.0. The first-order valence-corrected chi connectivity index (χ1v) is 6.74. The number of carbonyl (C=O) groups excluding carboxylic acids is 3. The van der Waals surface area contributed by atoms with Crippen LogP contribution in [-0.2, 0) is 16.2 Å². The van der Waals surface area contributed by atoms with Gasteiger partial charge < -0.3 is 4.84 Å². The standard InChI is InChI=1S/C15H13N3O4/c1-10-8-16-17(9-10)7-6-13(19)22-18-14(20)11-4-2-3-5-12(11)15(18)21/h2-5,8-9H,6-7H2,1H3. The summed E-state index contributed by atoms with van der Waals surface area (Å²) in [5.41, 5.74) is 1.46. The molecule has 1 aliphatic heterocycles. The van der Waals surface area contributed by atoms with Gasteiger partial charge in [0.05, 0.1) is 30.3 Å². The number of carbonyl (C=O) groups is 3. The average Bonchev–Trinajstić information content (AvgIpc) is 3.03. The van der Waals surface area contributed by atoms with E-state index in [1.807, 2.05) is 6.92 Å². The summed E-state index contributed by atoms with van der Waals surface area (Å²) in [6.07, 6.45) is 3.47. The first-order valence-electron chi connectivity index (χ1n) is 6.74. The summed E-state index contributed by atoms with van der Waals surface area (Å²) in [7, 11) is 0. The van der Waals surface area contributed by atoms with Crippen LogP contribution in [0.15, 0.2) is 36.7 Å². The maximum Gasteiger partial charge on any atom is 0.335 e. The minimum absolute atomic E-state index is 0.00846. The third kappa shape index (κ3) is 2.48. The van der Waals surface area contributed by atoms with E-state index in [4.69, 9.17) is 4.84 Å². The fraction of sp³-hybridized carbons (Fsp3) is 0.200. The second-order valence-corrected chi connectivity index (χ2v) is 4.94. The maximum atomic E-state index is 12.0. The van der Waals surface area contributed by atoms with Crippen LogP contribution >= 0.6 is 0 Å². The lowest BCUT2D eigenvalue weighted by atomic mass is 10.1. The molecule has 7 nitrogen and oxygen atoms in total. The second-order valence-electron chi connectivity index (χ2n) is 4.94. The monoisotopic (exact) mass is 299 g/mol. The third-order valence-corrected chi connectivity index (χ3v) is 3.26. The molecule has 0 saturated carbocycles. The molecule has 1 aliphatic rings. The molecule has 0 spiro atoms. The Morgan fingerprint density at radius 2 is 1.82 bits per heavy atom. The maximum absolute atomic E-state index is 12.0. The van der Waals surface area contributed by atoms with Crippen LogP contribution in [0.2, 0.25) is 0 Å². The molecule has 0 aliphatic carbocycles. The topological polar surface area (TPSA) is 81.5 Å². The van der Waals surface area contributed by atoms with Crippen molar-refractivity contribution in [2.75, 3.05) is 0 Å². The number of fused-ring (bicyclic) bond motifs is 1. The van der Waals surface area contributed by atoms with Crippen LogP contribution in [0.4, 0.5) is 0 Å². The van der Waals surface area contributed by atoms with Gasteiger partial charge in [0.1, 0.15) is 0 Å². The van der Waals surface area contributed by atoms with Gasteiger partial charge in [-0.05, 0) is 24.6 Å². The summed E-state index contributed by atoms with van der Waals surface area (Å²) in [6.45, 7) is 2.20. The van der Waals surface area contributed by atoms with Crippen LogP contribution in [0.1, 0.15) is 32.7 Å². The van der Waals surface area contributed by atoms with Gasteiger partial charge in [0.15, 0.2) is 0 Å². The Kier molecular flexibility index (Phi) is 3.46. The minimum atomic E-state index is -0.664. The van der Waals surface area contributed by atoms with Crippen molar-refractivity contribution in [1.82, 2.24) is 14.8 Å². The lowest BCUT2D eigenvalue weighted by Crippen LogP contribution is -2.32. The van der Waals surface area contributed by atoms with E-state index in [-0.39, 0.29) is 17.5 Å². The molecule has 0 saturated heterocycles. The minimum Gasteiger partial charge on any atom is -0.330 e. The van der Waals surface area contributed by atoms with Crippen molar-refractivity contribution in [3.63, 3.8) is 0 Å². The van der Waals surface area contributed by atoms with Crippen molar-refractivity contribution < 1.29 is 19.2 Å². The summed E-state index contributed by atoms with van der Waals surface area (Å²) in [6, 6.07) is 6.34. The van der Waals surface area contributed by atoms with E-state index in [0.29, 0.717) is 11.6 Å². The van der Waals surface area contributed by atoms with E-state index in [1.54, 1.807) is 29.2 Å². The van der Waals surface area contributed by atoms with Crippen molar-refractivity contribution in [1.29, 1.82) is 0 Å². The van der Waals surface area contributed by atoms with Gasteiger partial charge in [0.2, 0.25) is 0 Å². The van der Waals surface area contributed by atoms with Crippen LogP contribution in [0.25, 0.3) is 0 Å². The molecular formula is C15H13N3O4. The molecule has 0 radical (unpaired) electrons. The molecule has 0 N–H and O–H groups in total. The number of benzene rings is 1. The van der Waals surface area contributed by atoms with Crippen LogP contribution in [0.3, 0.4) is 0 Å². The van der Waals surface area contributed by atoms with Crippen molar-refractivity contribution in [3.8, 4) is 0 Å². The normalized spacial score (nSPS) is 13.4. The molecule has 7 heteroatoms. The van der Waals surface area contributed by atoms with E-state index in [9.17, 15) is 14.4 Å². The molecule has 2 heterocycles. The third-order valence-electron chi connectivity index (χ3n) is 3.26. The molecule has 0 atom stereocenters. The molecule has 0 unspecified atom stereocenters. The Bertz CT molecular complexity index is 731. The lowest BCUT2D eigenvalue weighted by molar-refractivity contribution is -0.168. The second kappa shape index (κ2) is 5.44. The Hall–Kier alpha value is -2.96. The van der Waals surface area contributed by atoms with Gasteiger partial charge in [-0.15, -0.1) is 0 Å². The van der Waals surface area contributed by atoms with Crippen molar-refractivity contribution in [2.24, 2.45) is 0 Å². The smallest absolute Gasteiger partial charge is 0.330 e. The average molecular weight is 299 g/mol. The molecule has 3 rings (SSSR count). The quantitative estimate of drug-likeness (QED) is 0.796. The lowest BCUT2D eigenvalue weighted by Gasteiger charge is -2.12. The van der Waals surface area contributed by atoms with Gasteiger partial charge in [0.25, 0.3) is 11.8 Å². The zero-order valence-electron chi connectivity index (χ0n) is 11.9. The highest BCUT2D eigenvalue weighted by Gasteiger charge is 2.38. The molecular weight excluding hydrogens is 286 g/mol. The largest absolute Gasteiger partial charge is 0.335 e. The number of rotatable bonds is 4. The Morgan fingerprint density at radius 1 is 1.18 bits per heavy atom. The Morgan fingerprint density at radius 3 is 2.36 bits per heavy atom. The summed E-state index contributed by atoms with van der Waals surface area (Å²) in [5.74, 6) is -1.91. The highest BCUT2D eigenvalue weighted by atomic mass is 16.7. The summed E-state index contributed by atoms with van der Waals surface area (Å²) in [4.78, 5) is 40.8. The highest BCUT2D eigenvalue weighted by Crippen LogP contribution is 2.22. The molecule has 2 aromatic rings. The molecule has 1 aromatic carbocycles. The fourth-order valence-corrected chi connectivity index (χ4v) is 2.19. The summed E-state index contributed by atoms with van der Waals surface area (Å²) < 4.78 is 1.60. The Balaban J connectivity index is 1.63. The van der Waals surface area contributed by atoms with Gasteiger partial charge in [0, 0.05) is 6.20 Å².